The molecule has 0 amide bonds. The maximum absolute atomic E-state index is 10.6. The molecule has 0 rings (SSSR count). The lowest BCUT2D eigenvalue weighted by Crippen LogP contribution is -2.01. The molecule has 12 heavy (non-hydrogen) atoms. The van der Waals surface area contributed by atoms with E-state index in [1.54, 1.807) is 0 Å². The molecule has 0 saturated heterocycles. The monoisotopic (exact) mass is 191 g/mol. The van der Waals surface area contributed by atoms with E-state index in [0.717, 1.165) is 6.92 Å². The van der Waals surface area contributed by atoms with Crippen molar-refractivity contribution in [2.75, 3.05) is 0 Å². The minimum atomic E-state index is -2.70. The van der Waals surface area contributed by atoms with E-state index in [-0.39, 0.29) is 5.57 Å². The van der Waals surface area contributed by atoms with Gasteiger partial charge in [-0.3, -0.25) is 0 Å². The first-order valence-corrected chi connectivity index (χ1v) is 4.06. The second kappa shape index (κ2) is 4.62. The molecule has 0 radical (unpaired) electrons. The van der Waals surface area contributed by atoms with Crippen LogP contribution in [0.15, 0.2) is 12.2 Å². The Morgan fingerprint density at radius 3 is 2.08 bits per heavy atom. The molecular formula is C6H8O5P+. The van der Waals surface area contributed by atoms with Crippen molar-refractivity contribution in [2.45, 2.75) is 13.8 Å². The van der Waals surface area contributed by atoms with Crippen LogP contribution >= 0.6 is 8.25 Å². The Balaban J connectivity index is 3.94. The van der Waals surface area contributed by atoms with Crippen LogP contribution in [-0.4, -0.2) is 11.9 Å². The van der Waals surface area contributed by atoms with Gasteiger partial charge in [-0.25, -0.2) is 9.59 Å². The van der Waals surface area contributed by atoms with Gasteiger partial charge in [-0.05, 0) is 6.92 Å². The third kappa shape index (κ3) is 4.57. The largest absolute Gasteiger partial charge is 0.811 e. The van der Waals surface area contributed by atoms with Crippen molar-refractivity contribution in [1.82, 2.24) is 0 Å². The fourth-order valence-corrected chi connectivity index (χ4v) is 0.808. The highest BCUT2D eigenvalue weighted by atomic mass is 31.1. The molecule has 5 nitrogen and oxygen atoms in total. The molecular weight excluding hydrogens is 183 g/mol. The first-order chi connectivity index (χ1) is 5.43. The summed E-state index contributed by atoms with van der Waals surface area (Å²) in [6.07, 6.45) is 0. The van der Waals surface area contributed by atoms with E-state index in [0.29, 0.717) is 0 Å². The lowest BCUT2D eigenvalue weighted by atomic mass is 10.4. The maximum atomic E-state index is 10.6. The maximum Gasteiger partial charge on any atom is 0.811 e. The van der Waals surface area contributed by atoms with Crippen LogP contribution in [0.5, 0.6) is 0 Å². The molecule has 1 unspecified atom stereocenters. The molecule has 0 aliphatic rings. The third-order valence-corrected chi connectivity index (χ3v) is 1.43. The van der Waals surface area contributed by atoms with Gasteiger partial charge in [0.15, 0.2) is 0 Å². The Labute approximate surface area is 70.3 Å². The molecule has 0 fully saturated rings. The van der Waals surface area contributed by atoms with Crippen molar-refractivity contribution in [2.24, 2.45) is 0 Å². The topological polar surface area (TPSA) is 69.7 Å². The highest BCUT2D eigenvalue weighted by Crippen LogP contribution is 2.24. The minimum absolute atomic E-state index is 0.0884. The number of carbonyl (C=O) groups excluding carboxylic acids is 2. The molecule has 0 aromatic rings. The van der Waals surface area contributed by atoms with E-state index < -0.39 is 20.2 Å². The Bertz CT molecular complexity index is 244. The summed E-state index contributed by atoms with van der Waals surface area (Å²) in [5.41, 5.74) is 0.0884. The minimum Gasteiger partial charge on any atom is -0.247 e. The van der Waals surface area contributed by atoms with Gasteiger partial charge in [0, 0.05) is 17.1 Å². The van der Waals surface area contributed by atoms with Gasteiger partial charge in [-0.2, -0.15) is 9.05 Å². The molecule has 0 aromatic heterocycles. The van der Waals surface area contributed by atoms with Crippen molar-refractivity contribution >= 4 is 20.2 Å². The average Bonchev–Trinajstić information content (AvgIpc) is 1.84. The molecule has 0 N–H and O–H groups in total. The predicted molar refractivity (Wildman–Crippen MR) is 40.3 cm³/mol. The standard InChI is InChI=1S/C6H8O5P/c1-4(2)6(8)11-12(9)10-5(3)7/h1H2,2-3H3/q+1. The van der Waals surface area contributed by atoms with Crippen molar-refractivity contribution in [3.8, 4) is 0 Å². The van der Waals surface area contributed by atoms with Gasteiger partial charge in [-0.15, -0.1) is 0 Å². The van der Waals surface area contributed by atoms with Crippen LogP contribution < -0.4 is 0 Å². The summed E-state index contributed by atoms with van der Waals surface area (Å²) in [4.78, 5) is 20.8. The van der Waals surface area contributed by atoms with Crippen molar-refractivity contribution in [1.29, 1.82) is 0 Å². The normalized spacial score (nSPS) is 10.0. The first-order valence-electron chi connectivity index (χ1n) is 2.97. The second-order valence-electron chi connectivity index (χ2n) is 1.97. The molecule has 0 aliphatic carbocycles. The van der Waals surface area contributed by atoms with Crippen molar-refractivity contribution in [3.63, 3.8) is 0 Å². The first kappa shape index (κ1) is 10.8. The van der Waals surface area contributed by atoms with Crippen LogP contribution in [0.4, 0.5) is 0 Å². The van der Waals surface area contributed by atoms with Crippen LogP contribution in [0, 0.1) is 0 Å². The predicted octanol–water partition coefficient (Wildman–Crippen LogP) is 1.33. The van der Waals surface area contributed by atoms with E-state index in [1.165, 1.54) is 6.92 Å². The van der Waals surface area contributed by atoms with Crippen molar-refractivity contribution in [3.05, 3.63) is 12.2 Å². The quantitative estimate of drug-likeness (QED) is 0.497. The second-order valence-corrected chi connectivity index (χ2v) is 2.78. The zero-order chi connectivity index (χ0) is 9.72. The Hall–Kier alpha value is -1.22. The third-order valence-electron chi connectivity index (χ3n) is 0.709. The van der Waals surface area contributed by atoms with E-state index in [2.05, 4.69) is 15.6 Å². The fourth-order valence-electron chi connectivity index (χ4n) is 0.269. The van der Waals surface area contributed by atoms with Crippen LogP contribution in [0.25, 0.3) is 0 Å². The lowest BCUT2D eigenvalue weighted by Gasteiger charge is -1.87. The van der Waals surface area contributed by atoms with E-state index in [1.807, 2.05) is 0 Å². The number of hydrogen-bond donors (Lipinski definition) is 0. The van der Waals surface area contributed by atoms with E-state index in [9.17, 15) is 14.2 Å². The van der Waals surface area contributed by atoms with Crippen LogP contribution in [-0.2, 0) is 23.2 Å². The average molecular weight is 191 g/mol. The summed E-state index contributed by atoms with van der Waals surface area (Å²) >= 11 is 0. The molecule has 0 spiro atoms. The Morgan fingerprint density at radius 1 is 1.25 bits per heavy atom. The Kier molecular flexibility index (Phi) is 4.15. The van der Waals surface area contributed by atoms with Gasteiger partial charge in [-0.1, -0.05) is 6.58 Å². The Morgan fingerprint density at radius 2 is 1.75 bits per heavy atom. The van der Waals surface area contributed by atoms with Gasteiger partial charge in [0.2, 0.25) is 0 Å². The van der Waals surface area contributed by atoms with Gasteiger partial charge in [0.25, 0.3) is 0 Å². The molecule has 0 bridgehead atoms. The number of rotatable bonds is 3. The summed E-state index contributed by atoms with van der Waals surface area (Å²) in [5.74, 6) is -1.62. The lowest BCUT2D eigenvalue weighted by molar-refractivity contribution is -0.134. The molecule has 0 aliphatic heterocycles. The molecule has 6 heteroatoms. The van der Waals surface area contributed by atoms with Gasteiger partial charge < -0.3 is 0 Å². The van der Waals surface area contributed by atoms with Crippen LogP contribution in [0.2, 0.25) is 0 Å². The molecule has 0 aromatic carbocycles. The summed E-state index contributed by atoms with van der Waals surface area (Å²) in [7, 11) is -2.70. The summed E-state index contributed by atoms with van der Waals surface area (Å²) in [5, 5.41) is 0. The molecule has 66 valence electrons. The SMILES string of the molecule is C=C(C)C(=O)O[P+](=O)OC(C)=O. The highest BCUT2D eigenvalue weighted by Gasteiger charge is 2.29. The molecule has 0 heterocycles. The van der Waals surface area contributed by atoms with Crippen LogP contribution in [0.1, 0.15) is 13.8 Å². The smallest absolute Gasteiger partial charge is 0.247 e. The zero-order valence-electron chi connectivity index (χ0n) is 6.70. The number of carbonyl (C=O) groups is 2. The fraction of sp³-hybridized carbons (Fsp3) is 0.333. The van der Waals surface area contributed by atoms with Gasteiger partial charge >= 0.3 is 20.2 Å². The van der Waals surface area contributed by atoms with Crippen LogP contribution in [0.3, 0.4) is 0 Å². The summed E-state index contributed by atoms with van der Waals surface area (Å²) < 4.78 is 18.8. The van der Waals surface area contributed by atoms with E-state index in [4.69, 9.17) is 0 Å². The van der Waals surface area contributed by atoms with E-state index >= 15 is 0 Å². The molecule has 1 atom stereocenters. The molecule has 0 saturated carbocycles. The van der Waals surface area contributed by atoms with Crippen molar-refractivity contribution < 1.29 is 23.2 Å². The van der Waals surface area contributed by atoms with Gasteiger partial charge in [0.05, 0.1) is 0 Å². The highest BCUT2D eigenvalue weighted by molar-refractivity contribution is 7.34. The summed E-state index contributed by atoms with van der Waals surface area (Å²) in [6.45, 7) is 5.69. The van der Waals surface area contributed by atoms with Gasteiger partial charge in [0.1, 0.15) is 0 Å². The number of hydrogen-bond acceptors (Lipinski definition) is 5. The summed E-state index contributed by atoms with van der Waals surface area (Å²) in [6, 6.07) is 0. The zero-order valence-corrected chi connectivity index (χ0v) is 7.59.